The fourth-order valence-corrected chi connectivity index (χ4v) is 3.71. The summed E-state index contributed by atoms with van der Waals surface area (Å²) in [6, 6.07) is 0. The summed E-state index contributed by atoms with van der Waals surface area (Å²) >= 11 is 0. The molecule has 1 heterocycles. The summed E-state index contributed by atoms with van der Waals surface area (Å²) in [4.78, 5) is 19.5. The molecule has 0 spiro atoms. The van der Waals surface area contributed by atoms with Gasteiger partial charge in [0.05, 0.1) is 6.42 Å². The van der Waals surface area contributed by atoms with Gasteiger partial charge in [-0.1, -0.05) is 96.8 Å². The van der Waals surface area contributed by atoms with Gasteiger partial charge in [0, 0.05) is 12.4 Å². The first-order valence-electron chi connectivity index (χ1n) is 11.0. The number of aliphatic imine (C=N–C) groups is 2. The highest BCUT2D eigenvalue weighted by Crippen LogP contribution is 2.27. The summed E-state index contributed by atoms with van der Waals surface area (Å²) in [7, 11) is 0. The van der Waals surface area contributed by atoms with Crippen molar-refractivity contribution in [2.75, 3.05) is 0 Å². The van der Waals surface area contributed by atoms with Crippen molar-refractivity contribution in [2.45, 2.75) is 122 Å². The average Bonchev–Trinajstić information content (AvgIpc) is 3.06. The summed E-state index contributed by atoms with van der Waals surface area (Å²) in [5.41, 5.74) is -0.706. The quantitative estimate of drug-likeness (QED) is 0.279. The van der Waals surface area contributed by atoms with Gasteiger partial charge in [-0.2, -0.15) is 0 Å². The number of carboxylic acid groups (broad SMARTS) is 1. The predicted octanol–water partition coefficient (Wildman–Crippen LogP) is 6.57. The molecule has 0 aromatic carbocycles. The van der Waals surface area contributed by atoms with Crippen LogP contribution in [0.3, 0.4) is 0 Å². The second-order valence-electron chi connectivity index (χ2n) is 7.81. The average molecular weight is 365 g/mol. The molecule has 1 aliphatic rings. The van der Waals surface area contributed by atoms with Crippen molar-refractivity contribution in [3.63, 3.8) is 0 Å². The van der Waals surface area contributed by atoms with Gasteiger partial charge in [0.2, 0.25) is 0 Å². The van der Waals surface area contributed by atoms with Gasteiger partial charge in [0.15, 0.2) is 5.66 Å². The summed E-state index contributed by atoms with van der Waals surface area (Å²) in [5, 5.41) is 9.02. The molecule has 0 radical (unpaired) electrons. The van der Waals surface area contributed by atoms with E-state index in [-0.39, 0.29) is 6.42 Å². The standard InChI is InChI=1S/C22H40N2O2/c1-2-3-4-5-6-7-8-9-10-11-12-13-14-15-16-17-22(20-21(25)26)23-18-19-24-22/h18-19H,2-17,20H2,1H3,(H,25,26). The molecule has 0 unspecified atom stereocenters. The van der Waals surface area contributed by atoms with Crippen LogP contribution in [0.5, 0.6) is 0 Å². The normalized spacial score (nSPS) is 15.0. The summed E-state index contributed by atoms with van der Waals surface area (Å²) < 4.78 is 0. The lowest BCUT2D eigenvalue weighted by Crippen LogP contribution is -2.25. The molecule has 150 valence electrons. The Hall–Kier alpha value is -1.19. The van der Waals surface area contributed by atoms with E-state index < -0.39 is 11.6 Å². The number of hydrogen-bond donors (Lipinski definition) is 1. The van der Waals surface area contributed by atoms with Crippen molar-refractivity contribution in [3.8, 4) is 0 Å². The van der Waals surface area contributed by atoms with Crippen molar-refractivity contribution in [3.05, 3.63) is 0 Å². The van der Waals surface area contributed by atoms with E-state index >= 15 is 0 Å². The van der Waals surface area contributed by atoms with E-state index in [4.69, 9.17) is 5.11 Å². The van der Waals surface area contributed by atoms with Crippen LogP contribution in [0.25, 0.3) is 0 Å². The molecule has 0 aliphatic carbocycles. The van der Waals surface area contributed by atoms with Gasteiger partial charge in [-0.05, 0) is 12.8 Å². The number of carboxylic acids is 1. The minimum absolute atomic E-state index is 0.0125. The van der Waals surface area contributed by atoms with E-state index in [2.05, 4.69) is 16.9 Å². The highest BCUT2D eigenvalue weighted by atomic mass is 16.4. The highest BCUT2D eigenvalue weighted by Gasteiger charge is 2.31. The second kappa shape index (κ2) is 14.9. The van der Waals surface area contributed by atoms with Crippen LogP contribution in [-0.4, -0.2) is 29.2 Å². The van der Waals surface area contributed by atoms with Crippen LogP contribution in [0, 0.1) is 0 Å². The fourth-order valence-electron chi connectivity index (χ4n) is 3.71. The van der Waals surface area contributed by atoms with E-state index in [1.54, 1.807) is 12.4 Å². The van der Waals surface area contributed by atoms with Crippen molar-refractivity contribution >= 4 is 18.4 Å². The molecule has 0 amide bonds. The number of aliphatic carboxylic acids is 1. The minimum Gasteiger partial charge on any atom is -0.481 e. The monoisotopic (exact) mass is 364 g/mol. The fraction of sp³-hybridized carbons (Fsp3) is 0.864. The van der Waals surface area contributed by atoms with Gasteiger partial charge in [0.25, 0.3) is 0 Å². The van der Waals surface area contributed by atoms with E-state index in [1.807, 2.05) is 0 Å². The molecule has 0 bridgehead atoms. The SMILES string of the molecule is CCCCCCCCCCCCCCCCCC1(CC(=O)O)N=CC=N1. The molecular formula is C22H40N2O2. The molecule has 1 rings (SSSR count). The third-order valence-corrected chi connectivity index (χ3v) is 5.31. The van der Waals surface area contributed by atoms with Crippen LogP contribution < -0.4 is 0 Å². The van der Waals surface area contributed by atoms with Gasteiger partial charge < -0.3 is 5.11 Å². The molecule has 0 saturated heterocycles. The molecule has 0 aromatic heterocycles. The number of rotatable bonds is 18. The van der Waals surface area contributed by atoms with Gasteiger partial charge in [-0.3, -0.25) is 14.8 Å². The maximum atomic E-state index is 11.0. The zero-order valence-corrected chi connectivity index (χ0v) is 16.9. The molecule has 1 aliphatic heterocycles. The largest absolute Gasteiger partial charge is 0.481 e. The number of nitrogens with zero attached hydrogens (tertiary/aromatic N) is 2. The Kier molecular flexibility index (Phi) is 13.1. The summed E-state index contributed by atoms with van der Waals surface area (Å²) in [5.74, 6) is -0.817. The lowest BCUT2D eigenvalue weighted by atomic mass is 9.98. The molecule has 0 saturated carbocycles. The molecule has 0 fully saturated rings. The zero-order chi connectivity index (χ0) is 18.9. The van der Waals surface area contributed by atoms with E-state index in [1.165, 1.54) is 83.5 Å². The first-order chi connectivity index (χ1) is 12.7. The Morgan fingerprint density at radius 2 is 1.12 bits per heavy atom. The van der Waals surface area contributed by atoms with Crippen molar-refractivity contribution in [1.29, 1.82) is 0 Å². The van der Waals surface area contributed by atoms with Crippen molar-refractivity contribution in [2.24, 2.45) is 9.98 Å². The van der Waals surface area contributed by atoms with Gasteiger partial charge in [0.1, 0.15) is 0 Å². The molecule has 1 N–H and O–H groups in total. The van der Waals surface area contributed by atoms with Gasteiger partial charge in [-0.15, -0.1) is 0 Å². The van der Waals surface area contributed by atoms with Crippen molar-refractivity contribution in [1.82, 2.24) is 0 Å². The third kappa shape index (κ3) is 11.4. The summed E-state index contributed by atoms with van der Waals surface area (Å²) in [6.07, 6.45) is 24.1. The Morgan fingerprint density at radius 3 is 1.50 bits per heavy atom. The highest BCUT2D eigenvalue weighted by molar-refractivity contribution is 6.17. The van der Waals surface area contributed by atoms with Crippen LogP contribution in [0.2, 0.25) is 0 Å². The number of hydrogen-bond acceptors (Lipinski definition) is 3. The Morgan fingerprint density at radius 1 is 0.731 bits per heavy atom. The molecule has 0 atom stereocenters. The smallest absolute Gasteiger partial charge is 0.307 e. The van der Waals surface area contributed by atoms with Crippen molar-refractivity contribution < 1.29 is 9.90 Å². The molecular weight excluding hydrogens is 324 g/mol. The lowest BCUT2D eigenvalue weighted by Gasteiger charge is -2.20. The molecule has 26 heavy (non-hydrogen) atoms. The third-order valence-electron chi connectivity index (χ3n) is 5.31. The Labute approximate surface area is 160 Å². The zero-order valence-electron chi connectivity index (χ0n) is 16.9. The first-order valence-corrected chi connectivity index (χ1v) is 11.0. The number of unbranched alkanes of at least 4 members (excludes halogenated alkanes) is 14. The van der Waals surface area contributed by atoms with Crippen LogP contribution in [0.4, 0.5) is 0 Å². The minimum atomic E-state index is -0.817. The Balaban J connectivity index is 1.86. The number of carbonyl (C=O) groups is 1. The molecule has 0 aromatic rings. The van der Waals surface area contributed by atoms with Crippen LogP contribution in [0.1, 0.15) is 116 Å². The van der Waals surface area contributed by atoms with Crippen LogP contribution in [-0.2, 0) is 4.79 Å². The second-order valence-corrected chi connectivity index (χ2v) is 7.81. The lowest BCUT2D eigenvalue weighted by molar-refractivity contribution is -0.138. The molecule has 4 nitrogen and oxygen atoms in total. The van der Waals surface area contributed by atoms with E-state index in [9.17, 15) is 4.79 Å². The molecule has 4 heteroatoms. The van der Waals surface area contributed by atoms with Gasteiger partial charge in [-0.25, -0.2) is 0 Å². The van der Waals surface area contributed by atoms with Crippen LogP contribution >= 0.6 is 0 Å². The van der Waals surface area contributed by atoms with E-state index in [0.717, 1.165) is 19.3 Å². The summed E-state index contributed by atoms with van der Waals surface area (Å²) in [6.45, 7) is 2.27. The predicted molar refractivity (Wildman–Crippen MR) is 112 cm³/mol. The maximum Gasteiger partial charge on any atom is 0.307 e. The van der Waals surface area contributed by atoms with Gasteiger partial charge >= 0.3 is 5.97 Å². The first kappa shape index (κ1) is 22.9. The van der Waals surface area contributed by atoms with E-state index in [0.29, 0.717) is 0 Å². The topological polar surface area (TPSA) is 62.0 Å². The van der Waals surface area contributed by atoms with Crippen LogP contribution in [0.15, 0.2) is 9.98 Å². The maximum absolute atomic E-state index is 11.0. The Bertz CT molecular complexity index is 406.